The van der Waals surface area contributed by atoms with Crippen molar-refractivity contribution in [2.45, 2.75) is 20.0 Å². The molecular weight excluding hydrogens is 232 g/mol. The standard InChI is InChI=1S/C10H18O5S/c1-7(10(13)14-3)5-16-6-9(12)15-4-8(2)11/h7-8,11H,4-6H2,1-3H3. The molecule has 0 heterocycles. The molecule has 0 amide bonds. The molecule has 0 fully saturated rings. The lowest BCUT2D eigenvalue weighted by Crippen LogP contribution is -2.18. The molecule has 0 spiro atoms. The number of rotatable bonds is 7. The van der Waals surface area contributed by atoms with Crippen LogP contribution in [0.5, 0.6) is 0 Å². The molecule has 16 heavy (non-hydrogen) atoms. The Balaban J connectivity index is 3.58. The highest BCUT2D eigenvalue weighted by atomic mass is 32.2. The third-order valence-electron chi connectivity index (χ3n) is 1.68. The smallest absolute Gasteiger partial charge is 0.315 e. The maximum absolute atomic E-state index is 11.1. The number of esters is 2. The Bertz CT molecular complexity index is 229. The fourth-order valence-corrected chi connectivity index (χ4v) is 1.70. The van der Waals surface area contributed by atoms with Crippen LogP contribution in [-0.2, 0) is 19.1 Å². The highest BCUT2D eigenvalue weighted by molar-refractivity contribution is 7.99. The summed E-state index contributed by atoms with van der Waals surface area (Å²) in [5, 5.41) is 8.87. The number of ether oxygens (including phenoxy) is 2. The second kappa shape index (κ2) is 8.41. The van der Waals surface area contributed by atoms with Crippen LogP contribution < -0.4 is 0 Å². The Labute approximate surface area is 99.5 Å². The molecule has 2 atom stereocenters. The molecule has 6 heteroatoms. The zero-order chi connectivity index (χ0) is 12.6. The van der Waals surface area contributed by atoms with Crippen LogP contribution in [0.4, 0.5) is 0 Å². The number of methoxy groups -OCH3 is 1. The van der Waals surface area contributed by atoms with Gasteiger partial charge in [-0.3, -0.25) is 9.59 Å². The van der Waals surface area contributed by atoms with Gasteiger partial charge in [0.15, 0.2) is 0 Å². The summed E-state index contributed by atoms with van der Waals surface area (Å²) >= 11 is 1.31. The second-order valence-electron chi connectivity index (χ2n) is 3.47. The first-order valence-electron chi connectivity index (χ1n) is 4.96. The number of aliphatic hydroxyl groups excluding tert-OH is 1. The number of thioether (sulfide) groups is 1. The Morgan fingerprint density at radius 2 is 2.00 bits per heavy atom. The highest BCUT2D eigenvalue weighted by Gasteiger charge is 2.14. The predicted octanol–water partition coefficient (Wildman–Crippen LogP) is 0.453. The van der Waals surface area contributed by atoms with Gasteiger partial charge in [-0.15, -0.1) is 11.8 Å². The van der Waals surface area contributed by atoms with Gasteiger partial charge in [0.05, 0.1) is 24.9 Å². The average Bonchev–Trinajstić information content (AvgIpc) is 2.24. The van der Waals surface area contributed by atoms with E-state index in [1.165, 1.54) is 18.9 Å². The van der Waals surface area contributed by atoms with Crippen LogP contribution in [0, 0.1) is 5.92 Å². The predicted molar refractivity (Wildman–Crippen MR) is 61.1 cm³/mol. The van der Waals surface area contributed by atoms with Gasteiger partial charge in [0.25, 0.3) is 0 Å². The van der Waals surface area contributed by atoms with Crippen LogP contribution in [-0.4, -0.2) is 48.4 Å². The van der Waals surface area contributed by atoms with Gasteiger partial charge in [-0.2, -0.15) is 0 Å². The third kappa shape index (κ3) is 7.53. The van der Waals surface area contributed by atoms with Crippen LogP contribution in [0.1, 0.15) is 13.8 Å². The Morgan fingerprint density at radius 1 is 1.38 bits per heavy atom. The van der Waals surface area contributed by atoms with E-state index >= 15 is 0 Å². The van der Waals surface area contributed by atoms with Crippen LogP contribution in [0.25, 0.3) is 0 Å². The summed E-state index contributed by atoms with van der Waals surface area (Å²) in [7, 11) is 1.33. The molecule has 0 rings (SSSR count). The molecule has 0 saturated heterocycles. The molecular formula is C10H18O5S. The van der Waals surface area contributed by atoms with Gasteiger partial charge in [-0.05, 0) is 6.92 Å². The van der Waals surface area contributed by atoms with E-state index in [2.05, 4.69) is 4.74 Å². The number of carbonyl (C=O) groups is 2. The Morgan fingerprint density at radius 3 is 2.50 bits per heavy atom. The summed E-state index contributed by atoms with van der Waals surface area (Å²) in [5.41, 5.74) is 0. The van der Waals surface area contributed by atoms with Crippen molar-refractivity contribution in [2.24, 2.45) is 5.92 Å². The van der Waals surface area contributed by atoms with E-state index in [1.54, 1.807) is 13.8 Å². The van der Waals surface area contributed by atoms with Crippen molar-refractivity contribution in [2.75, 3.05) is 25.2 Å². The van der Waals surface area contributed by atoms with E-state index in [9.17, 15) is 9.59 Å². The normalized spacial score (nSPS) is 14.0. The molecule has 0 aliphatic rings. The van der Waals surface area contributed by atoms with Gasteiger partial charge in [0.2, 0.25) is 0 Å². The molecule has 0 aromatic heterocycles. The number of hydrogen-bond acceptors (Lipinski definition) is 6. The monoisotopic (exact) mass is 250 g/mol. The van der Waals surface area contributed by atoms with Gasteiger partial charge < -0.3 is 14.6 Å². The minimum absolute atomic E-state index is 0.00590. The molecule has 1 N–H and O–H groups in total. The van der Waals surface area contributed by atoms with Gasteiger partial charge in [-0.1, -0.05) is 6.92 Å². The minimum Gasteiger partial charge on any atom is -0.469 e. The minimum atomic E-state index is -0.650. The van der Waals surface area contributed by atoms with Crippen LogP contribution in [0.2, 0.25) is 0 Å². The molecule has 94 valence electrons. The van der Waals surface area contributed by atoms with E-state index in [1.807, 2.05) is 0 Å². The van der Waals surface area contributed by atoms with Crippen molar-refractivity contribution in [1.82, 2.24) is 0 Å². The average molecular weight is 250 g/mol. The lowest BCUT2D eigenvalue weighted by atomic mass is 10.2. The molecule has 2 unspecified atom stereocenters. The maximum Gasteiger partial charge on any atom is 0.315 e. The molecule has 0 aromatic carbocycles. The first-order valence-corrected chi connectivity index (χ1v) is 6.12. The number of carbonyl (C=O) groups excluding carboxylic acids is 2. The first-order chi connectivity index (χ1) is 7.47. The molecule has 0 bridgehead atoms. The van der Waals surface area contributed by atoms with Crippen LogP contribution >= 0.6 is 11.8 Å². The zero-order valence-electron chi connectivity index (χ0n) is 9.76. The Kier molecular flexibility index (Phi) is 8.01. The van der Waals surface area contributed by atoms with E-state index in [0.29, 0.717) is 5.75 Å². The highest BCUT2D eigenvalue weighted by Crippen LogP contribution is 2.09. The van der Waals surface area contributed by atoms with Gasteiger partial charge in [-0.25, -0.2) is 0 Å². The molecule has 0 radical (unpaired) electrons. The summed E-state index contributed by atoms with van der Waals surface area (Å²) < 4.78 is 9.29. The van der Waals surface area contributed by atoms with E-state index in [4.69, 9.17) is 9.84 Å². The van der Waals surface area contributed by atoms with Gasteiger partial charge in [0.1, 0.15) is 6.61 Å². The topological polar surface area (TPSA) is 72.8 Å². The lowest BCUT2D eigenvalue weighted by molar-refractivity contribution is -0.144. The fourth-order valence-electron chi connectivity index (χ4n) is 0.843. The lowest BCUT2D eigenvalue weighted by Gasteiger charge is -2.09. The van der Waals surface area contributed by atoms with Crippen LogP contribution in [0.3, 0.4) is 0 Å². The van der Waals surface area contributed by atoms with E-state index in [0.717, 1.165) is 0 Å². The van der Waals surface area contributed by atoms with Gasteiger partial charge >= 0.3 is 11.9 Å². The summed E-state index contributed by atoms with van der Waals surface area (Å²) in [6, 6.07) is 0. The molecule has 0 aliphatic heterocycles. The summed E-state index contributed by atoms with van der Waals surface area (Å²) in [4.78, 5) is 22.1. The molecule has 0 aromatic rings. The summed E-state index contributed by atoms with van der Waals surface area (Å²) in [5.74, 6) is -0.225. The van der Waals surface area contributed by atoms with E-state index in [-0.39, 0.29) is 30.2 Å². The second-order valence-corrected chi connectivity index (χ2v) is 4.50. The summed E-state index contributed by atoms with van der Waals surface area (Å²) in [6.45, 7) is 3.28. The summed E-state index contributed by atoms with van der Waals surface area (Å²) in [6.07, 6.45) is -0.650. The SMILES string of the molecule is COC(=O)C(C)CSCC(=O)OCC(C)O. The maximum atomic E-state index is 11.1. The van der Waals surface area contributed by atoms with Crippen molar-refractivity contribution in [3.63, 3.8) is 0 Å². The van der Waals surface area contributed by atoms with Gasteiger partial charge in [0, 0.05) is 5.75 Å². The third-order valence-corrected chi connectivity index (χ3v) is 2.85. The molecule has 0 saturated carbocycles. The zero-order valence-corrected chi connectivity index (χ0v) is 10.6. The van der Waals surface area contributed by atoms with Crippen molar-refractivity contribution < 1.29 is 24.2 Å². The number of aliphatic hydroxyl groups is 1. The quantitative estimate of drug-likeness (QED) is 0.661. The van der Waals surface area contributed by atoms with E-state index < -0.39 is 6.10 Å². The van der Waals surface area contributed by atoms with Crippen molar-refractivity contribution in [3.05, 3.63) is 0 Å². The number of hydrogen-bond donors (Lipinski definition) is 1. The fraction of sp³-hybridized carbons (Fsp3) is 0.800. The van der Waals surface area contributed by atoms with Crippen molar-refractivity contribution >= 4 is 23.7 Å². The Hall–Kier alpha value is -0.750. The van der Waals surface area contributed by atoms with Crippen LogP contribution in [0.15, 0.2) is 0 Å². The largest absolute Gasteiger partial charge is 0.469 e. The first kappa shape index (κ1) is 15.2. The van der Waals surface area contributed by atoms with Crippen molar-refractivity contribution in [1.29, 1.82) is 0 Å². The van der Waals surface area contributed by atoms with Crippen molar-refractivity contribution in [3.8, 4) is 0 Å². The molecule has 0 aliphatic carbocycles. The molecule has 5 nitrogen and oxygen atoms in total.